The van der Waals surface area contributed by atoms with Gasteiger partial charge in [0.15, 0.2) is 5.78 Å². The Bertz CT molecular complexity index is 473. The number of Topliss-reactive ketones (excluding diaryl/α,β-unsaturated/α-hetero) is 1. The van der Waals surface area contributed by atoms with Gasteiger partial charge in [-0.15, -0.1) is 0 Å². The number of ketones is 1. The van der Waals surface area contributed by atoms with Crippen LogP contribution in [0.15, 0.2) is 6.07 Å². The minimum absolute atomic E-state index is 0.00668. The van der Waals surface area contributed by atoms with Crippen molar-refractivity contribution in [1.82, 2.24) is 9.88 Å². The number of amides is 1. The van der Waals surface area contributed by atoms with E-state index < -0.39 is 0 Å². The number of aromatic nitrogens is 1. The molecular formula is C14H20N2O3. The van der Waals surface area contributed by atoms with E-state index in [0.717, 1.165) is 11.3 Å². The Hall–Kier alpha value is -1.62. The number of aromatic amines is 1. The van der Waals surface area contributed by atoms with Crippen molar-refractivity contribution < 1.29 is 14.3 Å². The fraction of sp³-hybridized carbons (Fsp3) is 0.571. The summed E-state index contributed by atoms with van der Waals surface area (Å²) in [7, 11) is 0. The SMILES string of the molecule is Cc1cc(C)c(C(=O)CCC(=O)N2CCOCC2)[nH]1. The van der Waals surface area contributed by atoms with E-state index in [-0.39, 0.29) is 24.5 Å². The minimum Gasteiger partial charge on any atom is -0.378 e. The zero-order chi connectivity index (χ0) is 13.8. The lowest BCUT2D eigenvalue weighted by Crippen LogP contribution is -2.40. The Morgan fingerprint density at radius 2 is 1.95 bits per heavy atom. The van der Waals surface area contributed by atoms with Crippen LogP contribution in [0.2, 0.25) is 0 Å². The molecule has 0 atom stereocenters. The summed E-state index contributed by atoms with van der Waals surface area (Å²) in [6.45, 7) is 6.27. The summed E-state index contributed by atoms with van der Waals surface area (Å²) >= 11 is 0. The van der Waals surface area contributed by atoms with E-state index >= 15 is 0 Å². The molecule has 1 aliphatic rings. The standard InChI is InChI=1S/C14H20N2O3/c1-10-9-11(2)15-14(10)12(17)3-4-13(18)16-5-7-19-8-6-16/h9,15H,3-8H2,1-2H3. The highest BCUT2D eigenvalue weighted by Crippen LogP contribution is 2.13. The van der Waals surface area contributed by atoms with Gasteiger partial charge < -0.3 is 14.6 Å². The van der Waals surface area contributed by atoms with Crippen molar-refractivity contribution in [3.8, 4) is 0 Å². The van der Waals surface area contributed by atoms with Gasteiger partial charge in [-0.3, -0.25) is 9.59 Å². The van der Waals surface area contributed by atoms with Gasteiger partial charge in [0, 0.05) is 31.6 Å². The highest BCUT2D eigenvalue weighted by Gasteiger charge is 2.19. The van der Waals surface area contributed by atoms with Crippen LogP contribution in [0.25, 0.3) is 0 Å². The van der Waals surface area contributed by atoms with Crippen LogP contribution in [0.4, 0.5) is 0 Å². The zero-order valence-corrected chi connectivity index (χ0v) is 11.5. The number of morpholine rings is 1. The number of ether oxygens (including phenoxy) is 1. The molecular weight excluding hydrogens is 244 g/mol. The summed E-state index contributed by atoms with van der Waals surface area (Å²) in [6.07, 6.45) is 0.535. The fourth-order valence-electron chi connectivity index (χ4n) is 2.33. The van der Waals surface area contributed by atoms with Crippen LogP contribution in [0.5, 0.6) is 0 Å². The third kappa shape index (κ3) is 3.44. The normalized spacial score (nSPS) is 15.6. The van der Waals surface area contributed by atoms with Gasteiger partial charge in [0.25, 0.3) is 0 Å². The molecule has 1 saturated heterocycles. The van der Waals surface area contributed by atoms with Crippen molar-refractivity contribution in [3.05, 3.63) is 23.0 Å². The monoisotopic (exact) mass is 264 g/mol. The van der Waals surface area contributed by atoms with E-state index in [1.807, 2.05) is 19.9 Å². The van der Waals surface area contributed by atoms with Crippen molar-refractivity contribution in [2.75, 3.05) is 26.3 Å². The number of H-pyrrole nitrogens is 1. The third-order valence-corrected chi connectivity index (χ3v) is 3.36. The third-order valence-electron chi connectivity index (χ3n) is 3.36. The molecule has 0 radical (unpaired) electrons. The molecule has 5 nitrogen and oxygen atoms in total. The summed E-state index contributed by atoms with van der Waals surface area (Å²) < 4.78 is 5.20. The summed E-state index contributed by atoms with van der Waals surface area (Å²) in [4.78, 5) is 28.8. The number of nitrogens with zero attached hydrogens (tertiary/aromatic N) is 1. The summed E-state index contributed by atoms with van der Waals surface area (Å²) in [6, 6.07) is 1.94. The highest BCUT2D eigenvalue weighted by molar-refractivity contribution is 5.97. The Morgan fingerprint density at radius 1 is 1.26 bits per heavy atom. The van der Waals surface area contributed by atoms with Crippen LogP contribution in [0, 0.1) is 13.8 Å². The molecule has 1 aromatic rings. The van der Waals surface area contributed by atoms with Crippen LogP contribution in [-0.4, -0.2) is 47.9 Å². The Morgan fingerprint density at radius 3 is 2.53 bits per heavy atom. The van der Waals surface area contributed by atoms with Gasteiger partial charge in [0.1, 0.15) is 0 Å². The molecule has 1 N–H and O–H groups in total. The minimum atomic E-state index is 0.00668. The van der Waals surface area contributed by atoms with Crippen molar-refractivity contribution in [1.29, 1.82) is 0 Å². The van der Waals surface area contributed by atoms with Gasteiger partial charge in [-0.05, 0) is 25.5 Å². The molecule has 0 aromatic carbocycles. The number of carbonyl (C=O) groups excluding carboxylic acids is 2. The summed E-state index contributed by atoms with van der Waals surface area (Å²) in [5.41, 5.74) is 2.55. The number of carbonyl (C=O) groups is 2. The summed E-state index contributed by atoms with van der Waals surface area (Å²) in [5.74, 6) is 0.0461. The van der Waals surface area contributed by atoms with Crippen molar-refractivity contribution in [2.45, 2.75) is 26.7 Å². The molecule has 0 spiro atoms. The molecule has 2 heterocycles. The molecule has 19 heavy (non-hydrogen) atoms. The average molecular weight is 264 g/mol. The van der Waals surface area contributed by atoms with Crippen molar-refractivity contribution in [2.24, 2.45) is 0 Å². The van der Waals surface area contributed by atoms with Gasteiger partial charge in [-0.2, -0.15) is 0 Å². The number of hydrogen-bond acceptors (Lipinski definition) is 3. The van der Waals surface area contributed by atoms with E-state index in [0.29, 0.717) is 32.0 Å². The van der Waals surface area contributed by atoms with E-state index in [4.69, 9.17) is 4.74 Å². The molecule has 0 aliphatic carbocycles. The number of rotatable bonds is 4. The second-order valence-electron chi connectivity index (χ2n) is 4.93. The highest BCUT2D eigenvalue weighted by atomic mass is 16.5. The maximum Gasteiger partial charge on any atom is 0.223 e. The Kier molecular flexibility index (Phi) is 4.37. The Labute approximate surface area is 112 Å². The number of nitrogens with one attached hydrogen (secondary N) is 1. The summed E-state index contributed by atoms with van der Waals surface area (Å²) in [5, 5.41) is 0. The van der Waals surface area contributed by atoms with E-state index in [1.165, 1.54) is 0 Å². The molecule has 0 bridgehead atoms. The lowest BCUT2D eigenvalue weighted by molar-refractivity contribution is -0.135. The first-order valence-corrected chi connectivity index (χ1v) is 6.63. The van der Waals surface area contributed by atoms with Gasteiger partial charge in [0.2, 0.25) is 5.91 Å². The molecule has 1 fully saturated rings. The van der Waals surface area contributed by atoms with Crippen LogP contribution >= 0.6 is 0 Å². The van der Waals surface area contributed by atoms with Gasteiger partial charge in [-0.1, -0.05) is 0 Å². The fourth-order valence-corrected chi connectivity index (χ4v) is 2.33. The zero-order valence-electron chi connectivity index (χ0n) is 11.5. The second kappa shape index (κ2) is 6.02. The molecule has 0 unspecified atom stereocenters. The van der Waals surface area contributed by atoms with E-state index in [9.17, 15) is 9.59 Å². The number of aryl methyl sites for hydroxylation is 2. The predicted octanol–water partition coefficient (Wildman–Crippen LogP) is 1.45. The molecule has 2 rings (SSSR count). The quantitative estimate of drug-likeness (QED) is 0.837. The number of hydrogen-bond donors (Lipinski definition) is 1. The van der Waals surface area contributed by atoms with Crippen LogP contribution in [0.3, 0.4) is 0 Å². The van der Waals surface area contributed by atoms with Gasteiger partial charge >= 0.3 is 0 Å². The molecule has 1 aliphatic heterocycles. The van der Waals surface area contributed by atoms with Crippen LogP contribution in [0.1, 0.15) is 34.6 Å². The van der Waals surface area contributed by atoms with E-state index in [2.05, 4.69) is 4.98 Å². The Balaban J connectivity index is 1.86. The predicted molar refractivity (Wildman–Crippen MR) is 71.2 cm³/mol. The van der Waals surface area contributed by atoms with Crippen LogP contribution < -0.4 is 0 Å². The first-order valence-electron chi connectivity index (χ1n) is 6.63. The van der Waals surface area contributed by atoms with Crippen molar-refractivity contribution in [3.63, 3.8) is 0 Å². The van der Waals surface area contributed by atoms with Crippen LogP contribution in [-0.2, 0) is 9.53 Å². The molecule has 104 valence electrons. The lowest BCUT2D eigenvalue weighted by atomic mass is 10.1. The first-order chi connectivity index (χ1) is 9.08. The maximum atomic E-state index is 12.0. The molecule has 5 heteroatoms. The van der Waals surface area contributed by atoms with Gasteiger partial charge in [0.05, 0.1) is 18.9 Å². The topological polar surface area (TPSA) is 62.4 Å². The maximum absolute atomic E-state index is 12.0. The average Bonchev–Trinajstić information content (AvgIpc) is 2.75. The van der Waals surface area contributed by atoms with Gasteiger partial charge in [-0.25, -0.2) is 0 Å². The molecule has 1 aromatic heterocycles. The smallest absolute Gasteiger partial charge is 0.223 e. The second-order valence-corrected chi connectivity index (χ2v) is 4.93. The van der Waals surface area contributed by atoms with E-state index in [1.54, 1.807) is 4.90 Å². The lowest BCUT2D eigenvalue weighted by Gasteiger charge is -2.26. The first kappa shape index (κ1) is 13.8. The molecule has 0 saturated carbocycles. The largest absolute Gasteiger partial charge is 0.378 e. The van der Waals surface area contributed by atoms with Crippen molar-refractivity contribution >= 4 is 11.7 Å². The molecule has 1 amide bonds.